The fourth-order valence-corrected chi connectivity index (χ4v) is 2.88. The predicted octanol–water partition coefficient (Wildman–Crippen LogP) is 2.54. The van der Waals surface area contributed by atoms with Gasteiger partial charge in [-0.3, -0.25) is 19.8 Å². The van der Waals surface area contributed by atoms with Crippen molar-refractivity contribution in [1.82, 2.24) is 4.90 Å². The number of rotatable bonds is 4. The maximum atomic E-state index is 11.3. The minimum atomic E-state index is -0.889. The zero-order valence-electron chi connectivity index (χ0n) is 11.0. The molecule has 1 N–H and O–H groups in total. The molecule has 2 unspecified atom stereocenters. The van der Waals surface area contributed by atoms with E-state index in [1.807, 2.05) is 6.92 Å². The Bertz CT molecular complexity index is 549. The monoisotopic (exact) mass is 298 g/mol. The minimum absolute atomic E-state index is 0.0295. The second kappa shape index (κ2) is 5.76. The molecule has 0 saturated carbocycles. The summed E-state index contributed by atoms with van der Waals surface area (Å²) in [4.78, 5) is 23.6. The standard InChI is InChI=1S/C13H15ClN2O4/c1-8-4-5-15(12(8)13(17)18)7-9-6-10(14)2-3-11(9)16(19)20/h2-3,6,8,12H,4-5,7H2,1H3,(H,17,18). The van der Waals surface area contributed by atoms with Crippen LogP contribution in [-0.4, -0.2) is 33.5 Å². The summed E-state index contributed by atoms with van der Waals surface area (Å²) in [5.74, 6) is -0.856. The third-order valence-electron chi connectivity index (χ3n) is 3.67. The van der Waals surface area contributed by atoms with E-state index in [4.69, 9.17) is 11.6 Å². The normalized spacial score (nSPS) is 22.9. The highest BCUT2D eigenvalue weighted by molar-refractivity contribution is 6.30. The van der Waals surface area contributed by atoms with Crippen LogP contribution in [-0.2, 0) is 11.3 Å². The fraction of sp³-hybridized carbons (Fsp3) is 0.462. The Morgan fingerprint density at radius 3 is 2.90 bits per heavy atom. The third kappa shape index (κ3) is 2.91. The van der Waals surface area contributed by atoms with Crippen molar-refractivity contribution in [3.8, 4) is 0 Å². The highest BCUT2D eigenvalue weighted by Gasteiger charge is 2.37. The molecule has 1 aliphatic rings. The second-order valence-corrected chi connectivity index (χ2v) is 5.49. The van der Waals surface area contributed by atoms with Crippen LogP contribution in [0.1, 0.15) is 18.9 Å². The summed E-state index contributed by atoms with van der Waals surface area (Å²) in [6.45, 7) is 2.71. The molecule has 0 aromatic heterocycles. The number of halogens is 1. The first-order chi connectivity index (χ1) is 9.40. The van der Waals surface area contributed by atoms with Gasteiger partial charge in [0.25, 0.3) is 5.69 Å². The van der Waals surface area contributed by atoms with Crippen molar-refractivity contribution in [3.05, 3.63) is 38.9 Å². The Hall–Kier alpha value is -1.66. The first-order valence-corrected chi connectivity index (χ1v) is 6.67. The number of nitrogens with zero attached hydrogens (tertiary/aromatic N) is 2. The summed E-state index contributed by atoms with van der Waals surface area (Å²) >= 11 is 5.88. The van der Waals surface area contributed by atoms with Crippen LogP contribution >= 0.6 is 11.6 Å². The van der Waals surface area contributed by atoms with Gasteiger partial charge in [-0.05, 0) is 31.0 Å². The van der Waals surface area contributed by atoms with E-state index in [0.717, 1.165) is 6.42 Å². The number of nitro benzene ring substituents is 1. The van der Waals surface area contributed by atoms with E-state index < -0.39 is 16.9 Å². The van der Waals surface area contributed by atoms with Crippen molar-refractivity contribution >= 4 is 23.3 Å². The molecule has 1 aromatic carbocycles. The predicted molar refractivity (Wildman–Crippen MR) is 73.7 cm³/mol. The van der Waals surface area contributed by atoms with Crippen LogP contribution in [0.4, 0.5) is 5.69 Å². The van der Waals surface area contributed by atoms with E-state index in [9.17, 15) is 20.0 Å². The van der Waals surface area contributed by atoms with Gasteiger partial charge in [0.05, 0.1) is 4.92 Å². The number of aliphatic carboxylic acids is 1. The van der Waals surface area contributed by atoms with Gasteiger partial charge in [-0.25, -0.2) is 0 Å². The highest BCUT2D eigenvalue weighted by atomic mass is 35.5. The van der Waals surface area contributed by atoms with Crippen molar-refractivity contribution in [2.24, 2.45) is 5.92 Å². The summed E-state index contributed by atoms with van der Waals surface area (Å²) in [5.41, 5.74) is 0.418. The molecular weight excluding hydrogens is 284 g/mol. The summed E-state index contributed by atoms with van der Waals surface area (Å²) in [7, 11) is 0. The minimum Gasteiger partial charge on any atom is -0.480 e. The third-order valence-corrected chi connectivity index (χ3v) is 3.90. The molecule has 20 heavy (non-hydrogen) atoms. The van der Waals surface area contributed by atoms with Crippen LogP contribution in [0.25, 0.3) is 0 Å². The highest BCUT2D eigenvalue weighted by Crippen LogP contribution is 2.30. The van der Waals surface area contributed by atoms with E-state index in [0.29, 0.717) is 17.1 Å². The largest absolute Gasteiger partial charge is 0.480 e. The zero-order chi connectivity index (χ0) is 14.9. The lowest BCUT2D eigenvalue weighted by atomic mass is 10.0. The number of hydrogen-bond donors (Lipinski definition) is 1. The number of nitro groups is 1. The Kier molecular flexibility index (Phi) is 4.25. The van der Waals surface area contributed by atoms with Crippen molar-refractivity contribution < 1.29 is 14.8 Å². The van der Waals surface area contributed by atoms with E-state index in [-0.39, 0.29) is 18.2 Å². The molecule has 1 aromatic rings. The number of likely N-dealkylation sites (tertiary alicyclic amines) is 1. The molecule has 0 amide bonds. The molecule has 2 atom stereocenters. The molecule has 1 fully saturated rings. The molecule has 0 radical (unpaired) electrons. The van der Waals surface area contributed by atoms with E-state index in [2.05, 4.69) is 0 Å². The van der Waals surface area contributed by atoms with Gasteiger partial charge in [-0.15, -0.1) is 0 Å². The van der Waals surface area contributed by atoms with Crippen molar-refractivity contribution in [3.63, 3.8) is 0 Å². The molecule has 1 aliphatic heterocycles. The summed E-state index contributed by atoms with van der Waals surface area (Å²) < 4.78 is 0. The topological polar surface area (TPSA) is 83.7 Å². The smallest absolute Gasteiger partial charge is 0.321 e. The SMILES string of the molecule is CC1CCN(Cc2cc(Cl)ccc2[N+](=O)[O-])C1C(=O)O. The number of benzene rings is 1. The first-order valence-electron chi connectivity index (χ1n) is 6.30. The molecule has 0 spiro atoms. The molecule has 0 bridgehead atoms. The first kappa shape index (κ1) is 14.7. The molecule has 2 rings (SSSR count). The van der Waals surface area contributed by atoms with Crippen LogP contribution in [0.15, 0.2) is 18.2 Å². The van der Waals surface area contributed by atoms with Crippen LogP contribution in [0.5, 0.6) is 0 Å². The van der Waals surface area contributed by atoms with Gasteiger partial charge in [0.15, 0.2) is 0 Å². The summed E-state index contributed by atoms with van der Waals surface area (Å²) in [6, 6.07) is 3.74. The average molecular weight is 299 g/mol. The number of hydrogen-bond acceptors (Lipinski definition) is 4. The molecule has 1 heterocycles. The lowest BCUT2D eigenvalue weighted by Gasteiger charge is -2.23. The van der Waals surface area contributed by atoms with Gasteiger partial charge in [-0.2, -0.15) is 0 Å². The molecule has 1 saturated heterocycles. The van der Waals surface area contributed by atoms with Crippen molar-refractivity contribution in [2.45, 2.75) is 25.9 Å². The maximum Gasteiger partial charge on any atom is 0.321 e. The summed E-state index contributed by atoms with van der Waals surface area (Å²) in [5, 5.41) is 20.7. The summed E-state index contributed by atoms with van der Waals surface area (Å²) in [6.07, 6.45) is 0.769. The lowest BCUT2D eigenvalue weighted by Crippen LogP contribution is -2.38. The van der Waals surface area contributed by atoms with Gasteiger partial charge in [0, 0.05) is 23.2 Å². The molecule has 7 heteroatoms. The van der Waals surface area contributed by atoms with E-state index >= 15 is 0 Å². The zero-order valence-corrected chi connectivity index (χ0v) is 11.7. The van der Waals surface area contributed by atoms with Gasteiger partial charge in [-0.1, -0.05) is 18.5 Å². The van der Waals surface area contributed by atoms with Crippen molar-refractivity contribution in [2.75, 3.05) is 6.54 Å². The number of carboxylic acid groups (broad SMARTS) is 1. The molecule has 6 nitrogen and oxygen atoms in total. The van der Waals surface area contributed by atoms with Crippen LogP contribution in [0.3, 0.4) is 0 Å². The second-order valence-electron chi connectivity index (χ2n) is 5.05. The van der Waals surface area contributed by atoms with Crippen LogP contribution < -0.4 is 0 Å². The van der Waals surface area contributed by atoms with Gasteiger partial charge in [0.2, 0.25) is 0 Å². The number of carbonyl (C=O) groups is 1. The number of carboxylic acids is 1. The Morgan fingerprint density at radius 2 is 2.30 bits per heavy atom. The van der Waals surface area contributed by atoms with Crippen LogP contribution in [0, 0.1) is 16.0 Å². The maximum absolute atomic E-state index is 11.3. The van der Waals surface area contributed by atoms with Gasteiger partial charge < -0.3 is 5.11 Å². The molecule has 0 aliphatic carbocycles. The average Bonchev–Trinajstić information content (AvgIpc) is 2.70. The van der Waals surface area contributed by atoms with E-state index in [1.54, 1.807) is 4.90 Å². The van der Waals surface area contributed by atoms with E-state index in [1.165, 1.54) is 18.2 Å². The Morgan fingerprint density at radius 1 is 1.60 bits per heavy atom. The van der Waals surface area contributed by atoms with Gasteiger partial charge in [0.1, 0.15) is 6.04 Å². The molecular formula is C13H15ClN2O4. The van der Waals surface area contributed by atoms with Crippen LogP contribution in [0.2, 0.25) is 5.02 Å². The Labute approximate surface area is 121 Å². The van der Waals surface area contributed by atoms with Gasteiger partial charge >= 0.3 is 5.97 Å². The molecule has 108 valence electrons. The Balaban J connectivity index is 2.27. The quantitative estimate of drug-likeness (QED) is 0.682. The lowest BCUT2D eigenvalue weighted by molar-refractivity contribution is -0.385. The fourth-order valence-electron chi connectivity index (χ4n) is 2.68. The van der Waals surface area contributed by atoms with Crippen molar-refractivity contribution in [1.29, 1.82) is 0 Å².